The van der Waals surface area contributed by atoms with Crippen LogP contribution in [0, 0.1) is 10.1 Å². The number of fused-ring (bicyclic) bond motifs is 1. The van der Waals surface area contributed by atoms with Crippen molar-refractivity contribution in [1.82, 2.24) is 0 Å². The minimum absolute atomic E-state index is 0.0513. The molecule has 0 spiro atoms. The maximum Gasteiger partial charge on any atom is 0.270 e. The summed E-state index contributed by atoms with van der Waals surface area (Å²) >= 11 is 12.1. The van der Waals surface area contributed by atoms with Gasteiger partial charge in [-0.25, -0.2) is 0 Å². The zero-order valence-corrected chi connectivity index (χ0v) is 16.9. The zero-order chi connectivity index (χ0) is 20.4. The van der Waals surface area contributed by atoms with Gasteiger partial charge in [-0.15, -0.1) is 0 Å². The van der Waals surface area contributed by atoms with E-state index in [2.05, 4.69) is 0 Å². The molecule has 1 fully saturated rings. The van der Waals surface area contributed by atoms with Gasteiger partial charge in [-0.3, -0.25) is 10.1 Å². The van der Waals surface area contributed by atoms with Crippen LogP contribution in [-0.4, -0.2) is 37.8 Å². The third-order valence-corrected chi connectivity index (χ3v) is 5.52. The molecule has 0 bridgehead atoms. The first-order valence-corrected chi connectivity index (χ1v) is 9.95. The van der Waals surface area contributed by atoms with Crippen molar-refractivity contribution < 1.29 is 24.0 Å². The summed E-state index contributed by atoms with van der Waals surface area (Å²) in [6, 6.07) is 9.60. The SMILES string of the molecule is O=[N+]([O-])c1ccc2c(c1)[C@H]([NH+]1CCOCC1)/C(=C/COc1ccc(Cl)cc1Cl)O2. The molecule has 0 aliphatic carbocycles. The van der Waals surface area contributed by atoms with Crippen LogP contribution in [0.2, 0.25) is 10.0 Å². The second-order valence-corrected chi connectivity index (χ2v) is 7.62. The summed E-state index contributed by atoms with van der Waals surface area (Å²) in [6.07, 6.45) is 1.85. The predicted octanol–water partition coefficient (Wildman–Crippen LogP) is 3.21. The minimum atomic E-state index is -0.390. The van der Waals surface area contributed by atoms with Crippen LogP contribution in [0.15, 0.2) is 48.2 Å². The first kappa shape index (κ1) is 20.0. The van der Waals surface area contributed by atoms with E-state index in [1.165, 1.54) is 11.0 Å². The summed E-state index contributed by atoms with van der Waals surface area (Å²) in [7, 11) is 0. The monoisotopic (exact) mass is 437 g/mol. The number of hydrogen-bond acceptors (Lipinski definition) is 5. The molecule has 4 rings (SSSR count). The fourth-order valence-electron chi connectivity index (χ4n) is 3.62. The summed E-state index contributed by atoms with van der Waals surface area (Å²) in [5.41, 5.74) is 0.863. The molecule has 1 atom stereocenters. The van der Waals surface area contributed by atoms with Crippen molar-refractivity contribution in [2.45, 2.75) is 6.04 Å². The number of non-ortho nitro benzene ring substituents is 1. The fourth-order valence-corrected chi connectivity index (χ4v) is 4.08. The number of nitro groups is 1. The number of hydrogen-bond donors (Lipinski definition) is 1. The van der Waals surface area contributed by atoms with Gasteiger partial charge in [0.1, 0.15) is 31.2 Å². The molecular formula is C20H19Cl2N2O5+. The van der Waals surface area contributed by atoms with Crippen molar-refractivity contribution in [1.29, 1.82) is 0 Å². The Balaban J connectivity index is 1.59. The summed E-state index contributed by atoms with van der Waals surface area (Å²) in [6.45, 7) is 3.10. The summed E-state index contributed by atoms with van der Waals surface area (Å²) in [5, 5.41) is 12.2. The molecule has 0 aromatic heterocycles. The number of nitrogens with one attached hydrogen (secondary N) is 1. The summed E-state index contributed by atoms with van der Waals surface area (Å²) in [5.74, 6) is 1.87. The van der Waals surface area contributed by atoms with Crippen LogP contribution in [0.4, 0.5) is 5.69 Å². The van der Waals surface area contributed by atoms with E-state index in [1.807, 2.05) is 6.08 Å². The van der Waals surface area contributed by atoms with Gasteiger partial charge in [-0.2, -0.15) is 0 Å². The lowest BCUT2D eigenvalue weighted by atomic mass is 10.0. The van der Waals surface area contributed by atoms with Crippen molar-refractivity contribution in [2.24, 2.45) is 0 Å². The number of nitrogens with zero attached hydrogens (tertiary/aromatic N) is 1. The van der Waals surface area contributed by atoms with Gasteiger partial charge in [0, 0.05) is 17.2 Å². The van der Waals surface area contributed by atoms with E-state index in [4.69, 9.17) is 37.4 Å². The maximum absolute atomic E-state index is 11.2. The smallest absolute Gasteiger partial charge is 0.270 e. The van der Waals surface area contributed by atoms with Gasteiger partial charge in [0.2, 0.25) is 0 Å². The lowest BCUT2D eigenvalue weighted by Crippen LogP contribution is -3.14. The Kier molecular flexibility index (Phi) is 5.91. The Labute approximate surface area is 177 Å². The van der Waals surface area contributed by atoms with Crippen LogP contribution in [0.25, 0.3) is 0 Å². The average molecular weight is 438 g/mol. The first-order chi connectivity index (χ1) is 14.0. The lowest BCUT2D eigenvalue weighted by molar-refractivity contribution is -0.933. The third-order valence-electron chi connectivity index (χ3n) is 4.99. The van der Waals surface area contributed by atoms with E-state index in [-0.39, 0.29) is 23.3 Å². The molecule has 0 saturated carbocycles. The van der Waals surface area contributed by atoms with Crippen molar-refractivity contribution in [3.05, 3.63) is 74.0 Å². The predicted molar refractivity (Wildman–Crippen MR) is 108 cm³/mol. The highest BCUT2D eigenvalue weighted by molar-refractivity contribution is 6.35. The molecule has 152 valence electrons. The molecule has 2 heterocycles. The van der Waals surface area contributed by atoms with Gasteiger partial charge in [0.15, 0.2) is 11.8 Å². The van der Waals surface area contributed by atoms with E-state index in [0.717, 1.165) is 18.7 Å². The molecule has 29 heavy (non-hydrogen) atoms. The highest BCUT2D eigenvalue weighted by Gasteiger charge is 2.39. The molecule has 2 aromatic carbocycles. The van der Waals surface area contributed by atoms with Crippen LogP contribution >= 0.6 is 23.2 Å². The number of nitro benzene ring substituents is 1. The Morgan fingerprint density at radius 2 is 2.00 bits per heavy atom. The first-order valence-electron chi connectivity index (χ1n) is 9.19. The van der Waals surface area contributed by atoms with Crippen LogP contribution in [0.5, 0.6) is 11.5 Å². The van der Waals surface area contributed by atoms with Gasteiger partial charge in [0.05, 0.1) is 28.7 Å². The Hall–Kier alpha value is -2.32. The highest BCUT2D eigenvalue weighted by Crippen LogP contribution is 2.39. The van der Waals surface area contributed by atoms with Crippen molar-refractivity contribution in [3.8, 4) is 11.5 Å². The molecule has 2 aliphatic rings. The topological polar surface area (TPSA) is 75.3 Å². The van der Waals surface area contributed by atoms with Crippen molar-refractivity contribution in [2.75, 3.05) is 32.9 Å². The molecule has 0 unspecified atom stereocenters. The van der Waals surface area contributed by atoms with E-state index in [0.29, 0.717) is 40.5 Å². The molecule has 0 radical (unpaired) electrons. The Morgan fingerprint density at radius 3 is 2.72 bits per heavy atom. The highest BCUT2D eigenvalue weighted by atomic mass is 35.5. The van der Waals surface area contributed by atoms with Crippen LogP contribution in [0.1, 0.15) is 11.6 Å². The maximum atomic E-state index is 11.2. The largest absolute Gasteiger partial charge is 0.488 e. The molecule has 1 saturated heterocycles. The molecule has 2 aromatic rings. The number of ether oxygens (including phenoxy) is 3. The standard InChI is InChI=1S/C20H18Cl2N2O5/c21-13-1-3-18(16(22)11-13)28-8-5-19-20(23-6-9-27-10-7-23)15-12-14(24(25)26)2-4-17(15)29-19/h1-5,11-12,20H,6-10H2/p+1/b19-5-/t20-/m0/s1. The molecule has 2 aliphatic heterocycles. The van der Waals surface area contributed by atoms with Gasteiger partial charge >= 0.3 is 0 Å². The second-order valence-electron chi connectivity index (χ2n) is 6.78. The molecule has 7 nitrogen and oxygen atoms in total. The number of quaternary nitrogens is 1. The molecule has 0 amide bonds. The Bertz CT molecular complexity index is 960. The van der Waals surface area contributed by atoms with Crippen LogP contribution in [0.3, 0.4) is 0 Å². The van der Waals surface area contributed by atoms with Gasteiger partial charge < -0.3 is 19.1 Å². The summed E-state index contributed by atoms with van der Waals surface area (Å²) < 4.78 is 17.3. The summed E-state index contributed by atoms with van der Waals surface area (Å²) in [4.78, 5) is 12.1. The third kappa shape index (κ3) is 4.33. The van der Waals surface area contributed by atoms with Gasteiger partial charge in [-0.05, 0) is 30.3 Å². The van der Waals surface area contributed by atoms with Gasteiger partial charge in [0.25, 0.3) is 5.69 Å². The van der Waals surface area contributed by atoms with Crippen molar-refractivity contribution in [3.63, 3.8) is 0 Å². The number of benzene rings is 2. The van der Waals surface area contributed by atoms with Crippen molar-refractivity contribution >= 4 is 28.9 Å². The number of rotatable bonds is 5. The fraction of sp³-hybridized carbons (Fsp3) is 0.300. The second kappa shape index (κ2) is 8.59. The molecule has 1 N–H and O–H groups in total. The molecule has 9 heteroatoms. The van der Waals surface area contributed by atoms with E-state index < -0.39 is 0 Å². The van der Waals surface area contributed by atoms with Crippen LogP contribution < -0.4 is 14.4 Å². The van der Waals surface area contributed by atoms with E-state index in [1.54, 1.807) is 30.3 Å². The zero-order valence-electron chi connectivity index (χ0n) is 15.4. The van der Waals surface area contributed by atoms with E-state index in [9.17, 15) is 10.1 Å². The van der Waals surface area contributed by atoms with E-state index >= 15 is 0 Å². The average Bonchev–Trinajstić information content (AvgIpc) is 3.07. The normalized spacial score (nSPS) is 20.3. The van der Waals surface area contributed by atoms with Crippen LogP contribution in [-0.2, 0) is 4.74 Å². The number of morpholine rings is 1. The molecular weight excluding hydrogens is 419 g/mol. The lowest BCUT2D eigenvalue weighted by Gasteiger charge is -2.29. The Morgan fingerprint density at radius 1 is 1.21 bits per heavy atom. The number of halogens is 2. The minimum Gasteiger partial charge on any atom is -0.488 e. The van der Waals surface area contributed by atoms with Gasteiger partial charge in [-0.1, -0.05) is 23.2 Å². The quantitative estimate of drug-likeness (QED) is 0.573.